The summed E-state index contributed by atoms with van der Waals surface area (Å²) < 4.78 is 2.29. The molecule has 6 rings (SSSR count). The predicted octanol–water partition coefficient (Wildman–Crippen LogP) is 4.52. The van der Waals surface area contributed by atoms with E-state index in [0.29, 0.717) is 5.69 Å². The molecule has 0 atom stereocenters. The Balaban J connectivity index is 1.27. The van der Waals surface area contributed by atoms with Crippen LogP contribution in [-0.4, -0.2) is 33.4 Å². The second-order valence-electron chi connectivity index (χ2n) is 8.05. The van der Waals surface area contributed by atoms with Crippen molar-refractivity contribution in [2.75, 3.05) is 18.4 Å². The summed E-state index contributed by atoms with van der Waals surface area (Å²) in [5, 5.41) is 4.89. The normalized spacial score (nSPS) is 17.0. The van der Waals surface area contributed by atoms with Crippen molar-refractivity contribution >= 4 is 22.5 Å². The van der Waals surface area contributed by atoms with E-state index in [-0.39, 0.29) is 11.4 Å². The number of aromatic amines is 1. The SMILES string of the molecule is O=C(c1cc2ccccc2[nH]1)N1CCC2(CC1)Nc1ccccc1-n1cccc12. The summed E-state index contributed by atoms with van der Waals surface area (Å²) in [6, 6.07) is 22.7. The number of hydrogen-bond acceptors (Lipinski definition) is 2. The van der Waals surface area contributed by atoms with Crippen LogP contribution in [-0.2, 0) is 5.54 Å². The first-order valence-electron chi connectivity index (χ1n) is 10.2. The number of nitrogens with one attached hydrogen (secondary N) is 2. The van der Waals surface area contributed by atoms with Crippen LogP contribution in [0.15, 0.2) is 72.9 Å². The fraction of sp³-hybridized carbons (Fsp3) is 0.208. The van der Waals surface area contributed by atoms with Crippen molar-refractivity contribution in [1.82, 2.24) is 14.5 Å². The number of aromatic nitrogens is 2. The van der Waals surface area contributed by atoms with Crippen molar-refractivity contribution in [1.29, 1.82) is 0 Å². The maximum absolute atomic E-state index is 13.1. The van der Waals surface area contributed by atoms with Crippen molar-refractivity contribution in [2.24, 2.45) is 0 Å². The third-order valence-electron chi connectivity index (χ3n) is 6.44. The molecule has 0 unspecified atom stereocenters. The lowest BCUT2D eigenvalue weighted by atomic mass is 9.82. The summed E-state index contributed by atoms with van der Waals surface area (Å²) in [4.78, 5) is 18.4. The van der Waals surface area contributed by atoms with Gasteiger partial charge in [-0.25, -0.2) is 0 Å². The summed E-state index contributed by atoms with van der Waals surface area (Å²) in [5.74, 6) is 0.0858. The molecule has 5 nitrogen and oxygen atoms in total. The van der Waals surface area contributed by atoms with Crippen molar-refractivity contribution in [3.05, 3.63) is 84.3 Å². The van der Waals surface area contributed by atoms with Crippen LogP contribution in [0.2, 0.25) is 0 Å². The minimum Gasteiger partial charge on any atom is -0.372 e. The molecule has 0 bridgehead atoms. The number of hydrogen-bond donors (Lipinski definition) is 2. The zero-order valence-corrected chi connectivity index (χ0v) is 16.1. The Morgan fingerprint density at radius 2 is 1.72 bits per heavy atom. The van der Waals surface area contributed by atoms with Gasteiger partial charge < -0.3 is 19.8 Å². The Bertz CT molecular complexity index is 1190. The van der Waals surface area contributed by atoms with Gasteiger partial charge in [0.2, 0.25) is 0 Å². The molecule has 0 radical (unpaired) electrons. The van der Waals surface area contributed by atoms with Crippen LogP contribution in [0.25, 0.3) is 16.6 Å². The van der Waals surface area contributed by atoms with Gasteiger partial charge in [-0.05, 0) is 49.2 Å². The van der Waals surface area contributed by atoms with Crippen molar-refractivity contribution in [3.63, 3.8) is 0 Å². The average Bonchev–Trinajstić information content (AvgIpc) is 3.42. The Hall–Kier alpha value is -3.47. The first-order valence-corrected chi connectivity index (χ1v) is 10.2. The molecular weight excluding hydrogens is 360 g/mol. The van der Waals surface area contributed by atoms with Crippen molar-refractivity contribution < 1.29 is 4.79 Å². The van der Waals surface area contributed by atoms with Gasteiger partial charge in [-0.1, -0.05) is 30.3 Å². The molecule has 29 heavy (non-hydrogen) atoms. The smallest absolute Gasteiger partial charge is 0.270 e. The molecule has 2 aromatic carbocycles. The first-order chi connectivity index (χ1) is 14.2. The average molecular weight is 382 g/mol. The maximum atomic E-state index is 13.1. The van der Waals surface area contributed by atoms with E-state index in [1.807, 2.05) is 35.2 Å². The van der Waals surface area contributed by atoms with E-state index in [2.05, 4.69) is 57.5 Å². The fourth-order valence-corrected chi connectivity index (χ4v) is 4.92. The van der Waals surface area contributed by atoms with Gasteiger partial charge in [0.25, 0.3) is 5.91 Å². The highest BCUT2D eigenvalue weighted by atomic mass is 16.2. The van der Waals surface area contributed by atoms with Crippen LogP contribution in [0.1, 0.15) is 29.0 Å². The van der Waals surface area contributed by atoms with E-state index in [1.54, 1.807) is 0 Å². The lowest BCUT2D eigenvalue weighted by Gasteiger charge is -2.46. The number of carbonyl (C=O) groups is 1. The highest BCUT2D eigenvalue weighted by molar-refractivity contribution is 5.98. The number of rotatable bonds is 1. The molecule has 2 aromatic heterocycles. The second-order valence-corrected chi connectivity index (χ2v) is 8.05. The molecular formula is C24H22N4O. The molecule has 144 valence electrons. The predicted molar refractivity (Wildman–Crippen MR) is 115 cm³/mol. The Labute approximate surface area is 169 Å². The number of benzene rings is 2. The van der Waals surface area contributed by atoms with Gasteiger partial charge in [-0.2, -0.15) is 0 Å². The molecule has 0 saturated carbocycles. The molecule has 1 spiro atoms. The summed E-state index contributed by atoms with van der Waals surface area (Å²) in [6.45, 7) is 1.46. The summed E-state index contributed by atoms with van der Waals surface area (Å²) in [5.41, 5.74) is 5.19. The third-order valence-corrected chi connectivity index (χ3v) is 6.44. The molecule has 1 saturated heterocycles. The highest BCUT2D eigenvalue weighted by Gasteiger charge is 2.42. The van der Waals surface area contributed by atoms with Gasteiger partial charge in [0.15, 0.2) is 0 Å². The third kappa shape index (κ3) is 2.43. The number of para-hydroxylation sites is 3. The molecule has 4 aromatic rings. The van der Waals surface area contributed by atoms with Crippen LogP contribution < -0.4 is 5.32 Å². The number of H-pyrrole nitrogens is 1. The van der Waals surface area contributed by atoms with Gasteiger partial charge in [-0.15, -0.1) is 0 Å². The molecule has 4 heterocycles. The Morgan fingerprint density at radius 1 is 0.931 bits per heavy atom. The zero-order valence-electron chi connectivity index (χ0n) is 16.1. The minimum atomic E-state index is -0.130. The minimum absolute atomic E-state index is 0.0858. The Morgan fingerprint density at radius 3 is 2.59 bits per heavy atom. The second kappa shape index (κ2) is 6.01. The molecule has 1 fully saturated rings. The number of anilines is 1. The van der Waals surface area contributed by atoms with Crippen molar-refractivity contribution in [3.8, 4) is 5.69 Å². The lowest BCUT2D eigenvalue weighted by Crippen LogP contribution is -2.51. The highest BCUT2D eigenvalue weighted by Crippen LogP contribution is 2.43. The lowest BCUT2D eigenvalue weighted by molar-refractivity contribution is 0.0671. The topological polar surface area (TPSA) is 53.1 Å². The Kier molecular flexibility index (Phi) is 3.42. The molecule has 5 heteroatoms. The number of likely N-dealkylation sites (tertiary alicyclic amines) is 1. The summed E-state index contributed by atoms with van der Waals surface area (Å²) in [7, 11) is 0. The van der Waals surface area contributed by atoms with Crippen LogP contribution in [0, 0.1) is 0 Å². The number of fused-ring (bicyclic) bond motifs is 5. The van der Waals surface area contributed by atoms with E-state index >= 15 is 0 Å². The van der Waals surface area contributed by atoms with Gasteiger partial charge in [0, 0.05) is 35.9 Å². The van der Waals surface area contributed by atoms with Gasteiger partial charge in [0.1, 0.15) is 5.69 Å². The number of nitrogens with zero attached hydrogens (tertiary/aromatic N) is 2. The van der Waals surface area contributed by atoms with E-state index in [0.717, 1.165) is 42.5 Å². The van der Waals surface area contributed by atoms with E-state index in [1.165, 1.54) is 11.4 Å². The van der Waals surface area contributed by atoms with Gasteiger partial charge in [0.05, 0.1) is 16.9 Å². The van der Waals surface area contributed by atoms with Crippen LogP contribution in [0.4, 0.5) is 5.69 Å². The van der Waals surface area contributed by atoms with Gasteiger partial charge >= 0.3 is 0 Å². The van der Waals surface area contributed by atoms with Crippen LogP contribution in [0.5, 0.6) is 0 Å². The first kappa shape index (κ1) is 16.5. The number of amides is 1. The fourth-order valence-electron chi connectivity index (χ4n) is 4.92. The molecule has 2 aliphatic rings. The van der Waals surface area contributed by atoms with Crippen LogP contribution in [0.3, 0.4) is 0 Å². The zero-order chi connectivity index (χ0) is 19.4. The number of piperidine rings is 1. The van der Waals surface area contributed by atoms with E-state index in [9.17, 15) is 4.79 Å². The summed E-state index contributed by atoms with van der Waals surface area (Å²) >= 11 is 0. The quantitative estimate of drug-likeness (QED) is 0.509. The number of carbonyl (C=O) groups excluding carboxylic acids is 1. The van der Waals surface area contributed by atoms with Crippen LogP contribution >= 0.6 is 0 Å². The monoisotopic (exact) mass is 382 g/mol. The molecule has 2 aliphatic heterocycles. The van der Waals surface area contributed by atoms with Gasteiger partial charge in [-0.3, -0.25) is 4.79 Å². The largest absolute Gasteiger partial charge is 0.372 e. The molecule has 1 amide bonds. The summed E-state index contributed by atoms with van der Waals surface area (Å²) in [6.07, 6.45) is 3.91. The maximum Gasteiger partial charge on any atom is 0.270 e. The molecule has 2 N–H and O–H groups in total. The van der Waals surface area contributed by atoms with E-state index in [4.69, 9.17) is 0 Å². The van der Waals surface area contributed by atoms with E-state index < -0.39 is 0 Å². The molecule has 0 aliphatic carbocycles. The van der Waals surface area contributed by atoms with Crippen molar-refractivity contribution in [2.45, 2.75) is 18.4 Å². The standard InChI is InChI=1S/C24H22N4O/c29-23(20-16-17-6-1-2-7-18(17)25-20)27-14-11-24(12-15-27)22-10-5-13-28(22)21-9-4-3-8-19(21)26-24/h1-10,13,16,25-26H,11-12,14-15H2.